The number of anilines is 1. The Morgan fingerprint density at radius 2 is 1.89 bits per heavy atom. The molecule has 3 rings (SSSR count). The van der Waals surface area contributed by atoms with Gasteiger partial charge in [-0.05, 0) is 30.7 Å². The van der Waals surface area contributed by atoms with E-state index in [1.807, 2.05) is 0 Å². The molecule has 0 saturated carbocycles. The van der Waals surface area contributed by atoms with Gasteiger partial charge in [0.25, 0.3) is 11.6 Å². The van der Waals surface area contributed by atoms with E-state index in [2.05, 4.69) is 10.1 Å². The van der Waals surface area contributed by atoms with Gasteiger partial charge in [0.1, 0.15) is 6.04 Å². The van der Waals surface area contributed by atoms with Crippen molar-refractivity contribution in [2.75, 3.05) is 12.4 Å². The Kier molecular flexibility index (Phi) is 5.08. The highest BCUT2D eigenvalue weighted by Gasteiger charge is 2.33. The number of ether oxygens (including phenoxy) is 1. The zero-order chi connectivity index (χ0) is 20.4. The molecular weight excluding hydrogens is 366 g/mol. The van der Waals surface area contributed by atoms with Gasteiger partial charge < -0.3 is 15.0 Å². The third-order valence-corrected chi connectivity index (χ3v) is 4.54. The molecule has 0 bridgehead atoms. The van der Waals surface area contributed by atoms with Crippen molar-refractivity contribution in [1.82, 2.24) is 4.90 Å². The van der Waals surface area contributed by atoms with E-state index in [1.54, 1.807) is 31.2 Å². The second-order valence-corrected chi connectivity index (χ2v) is 6.27. The van der Waals surface area contributed by atoms with Crippen LogP contribution in [0.5, 0.6) is 0 Å². The van der Waals surface area contributed by atoms with Crippen LogP contribution in [0, 0.1) is 10.1 Å². The Labute approximate surface area is 160 Å². The van der Waals surface area contributed by atoms with Crippen molar-refractivity contribution in [3.63, 3.8) is 0 Å². The number of non-ortho nitro benzene ring substituents is 1. The molecule has 144 valence electrons. The van der Waals surface area contributed by atoms with Crippen LogP contribution in [-0.2, 0) is 16.1 Å². The number of hydrogen-bond donors (Lipinski definition) is 1. The highest BCUT2D eigenvalue weighted by atomic mass is 16.6. The number of methoxy groups -OCH3 is 1. The number of nitrogens with one attached hydrogen (secondary N) is 1. The fraction of sp³-hybridized carbons (Fsp3) is 0.211. The zero-order valence-corrected chi connectivity index (χ0v) is 15.2. The molecule has 2 aromatic carbocycles. The minimum absolute atomic E-state index is 0.111. The first-order valence-electron chi connectivity index (χ1n) is 8.39. The zero-order valence-electron chi connectivity index (χ0n) is 15.2. The number of nitro benzene ring substituents is 1. The molecule has 0 aliphatic carbocycles. The largest absolute Gasteiger partial charge is 0.465 e. The maximum absolute atomic E-state index is 13.0. The number of fused-ring (bicyclic) bond motifs is 1. The fourth-order valence-electron chi connectivity index (χ4n) is 2.91. The summed E-state index contributed by atoms with van der Waals surface area (Å²) in [6.07, 6.45) is 0. The topological polar surface area (TPSA) is 119 Å². The second-order valence-electron chi connectivity index (χ2n) is 6.27. The molecule has 28 heavy (non-hydrogen) atoms. The molecule has 2 aromatic rings. The molecule has 0 aromatic heterocycles. The van der Waals surface area contributed by atoms with Crippen molar-refractivity contribution in [2.45, 2.75) is 19.5 Å². The quantitative estimate of drug-likeness (QED) is 0.492. The molecule has 1 unspecified atom stereocenters. The van der Waals surface area contributed by atoms with E-state index in [-0.39, 0.29) is 23.5 Å². The van der Waals surface area contributed by atoms with Crippen LogP contribution in [0.2, 0.25) is 0 Å². The average Bonchev–Trinajstić information content (AvgIpc) is 2.78. The van der Waals surface area contributed by atoms with Crippen LogP contribution < -0.4 is 5.32 Å². The van der Waals surface area contributed by atoms with Crippen LogP contribution in [-0.4, -0.2) is 40.8 Å². The van der Waals surface area contributed by atoms with Gasteiger partial charge in [0.2, 0.25) is 5.91 Å². The summed E-state index contributed by atoms with van der Waals surface area (Å²) in [5.41, 5.74) is 1.16. The van der Waals surface area contributed by atoms with Crippen molar-refractivity contribution in [2.24, 2.45) is 0 Å². The summed E-state index contributed by atoms with van der Waals surface area (Å²) < 4.78 is 4.65. The van der Waals surface area contributed by atoms with Gasteiger partial charge >= 0.3 is 5.97 Å². The standard InChI is InChI=1S/C19H17N3O6/c1-11-17(23)20-16-9-14(22(26)27)7-8-15(16)18(24)21(11)10-12-3-5-13(6-4-12)19(25)28-2/h3-9,11H,10H2,1-2H3,(H,20,23). The lowest BCUT2D eigenvalue weighted by Gasteiger charge is -2.26. The smallest absolute Gasteiger partial charge is 0.337 e. The van der Waals surface area contributed by atoms with E-state index in [1.165, 1.54) is 30.2 Å². The molecule has 1 aliphatic heterocycles. The molecule has 1 heterocycles. The van der Waals surface area contributed by atoms with Gasteiger partial charge in [0, 0.05) is 18.7 Å². The average molecular weight is 383 g/mol. The minimum atomic E-state index is -0.792. The van der Waals surface area contributed by atoms with Crippen molar-refractivity contribution in [3.05, 3.63) is 69.3 Å². The third kappa shape index (κ3) is 3.54. The maximum Gasteiger partial charge on any atom is 0.337 e. The normalized spacial score (nSPS) is 16.1. The number of nitrogens with zero attached hydrogens (tertiary/aromatic N) is 2. The van der Waals surface area contributed by atoms with Gasteiger partial charge in [0.15, 0.2) is 0 Å². The molecule has 0 fully saturated rings. The number of benzene rings is 2. The molecule has 1 aliphatic rings. The summed E-state index contributed by atoms with van der Waals surface area (Å²) in [6.45, 7) is 1.71. The number of amides is 2. The van der Waals surface area contributed by atoms with Gasteiger partial charge in [-0.15, -0.1) is 0 Å². The monoisotopic (exact) mass is 383 g/mol. The number of rotatable bonds is 4. The molecule has 9 heteroatoms. The number of esters is 1. The number of carbonyl (C=O) groups is 3. The SMILES string of the molecule is COC(=O)c1ccc(CN2C(=O)c3ccc([N+](=O)[O-])cc3NC(=O)C2C)cc1. The maximum atomic E-state index is 13.0. The van der Waals surface area contributed by atoms with Crippen LogP contribution in [0.15, 0.2) is 42.5 Å². The van der Waals surface area contributed by atoms with Crippen LogP contribution in [0.1, 0.15) is 33.2 Å². The molecular formula is C19H17N3O6. The van der Waals surface area contributed by atoms with Crippen molar-refractivity contribution in [3.8, 4) is 0 Å². The van der Waals surface area contributed by atoms with Gasteiger partial charge in [0.05, 0.1) is 28.8 Å². The Hall–Kier alpha value is -3.75. The predicted molar refractivity (Wildman–Crippen MR) is 98.8 cm³/mol. The fourth-order valence-corrected chi connectivity index (χ4v) is 2.91. The van der Waals surface area contributed by atoms with Gasteiger partial charge in [-0.1, -0.05) is 12.1 Å². The first kappa shape index (κ1) is 19.0. The molecule has 1 atom stereocenters. The summed E-state index contributed by atoms with van der Waals surface area (Å²) in [5, 5.41) is 13.5. The van der Waals surface area contributed by atoms with E-state index in [9.17, 15) is 24.5 Å². The Bertz CT molecular complexity index is 970. The minimum Gasteiger partial charge on any atom is -0.465 e. The summed E-state index contributed by atoms with van der Waals surface area (Å²) in [6, 6.07) is 9.43. The summed E-state index contributed by atoms with van der Waals surface area (Å²) >= 11 is 0. The molecule has 9 nitrogen and oxygen atoms in total. The van der Waals surface area contributed by atoms with E-state index < -0.39 is 28.7 Å². The van der Waals surface area contributed by atoms with Crippen molar-refractivity contribution >= 4 is 29.2 Å². The number of hydrogen-bond acceptors (Lipinski definition) is 6. The predicted octanol–water partition coefficient (Wildman–Crippen LogP) is 2.36. The third-order valence-electron chi connectivity index (χ3n) is 4.54. The van der Waals surface area contributed by atoms with Gasteiger partial charge in [-0.25, -0.2) is 4.79 Å². The lowest BCUT2D eigenvalue weighted by atomic mass is 10.1. The van der Waals surface area contributed by atoms with Crippen LogP contribution in [0.25, 0.3) is 0 Å². The first-order chi connectivity index (χ1) is 13.3. The molecule has 2 amide bonds. The molecule has 1 N–H and O–H groups in total. The van der Waals surface area contributed by atoms with Crippen molar-refractivity contribution in [1.29, 1.82) is 0 Å². The summed E-state index contributed by atoms with van der Waals surface area (Å²) in [7, 11) is 1.29. The number of nitro groups is 1. The highest BCUT2D eigenvalue weighted by Crippen LogP contribution is 2.28. The Morgan fingerprint density at radius 3 is 2.50 bits per heavy atom. The Morgan fingerprint density at radius 1 is 1.21 bits per heavy atom. The van der Waals surface area contributed by atoms with Crippen LogP contribution >= 0.6 is 0 Å². The van der Waals surface area contributed by atoms with Crippen LogP contribution in [0.4, 0.5) is 11.4 Å². The van der Waals surface area contributed by atoms with Gasteiger partial charge in [-0.2, -0.15) is 0 Å². The van der Waals surface area contributed by atoms with E-state index in [0.717, 1.165) is 0 Å². The van der Waals surface area contributed by atoms with E-state index in [4.69, 9.17) is 0 Å². The van der Waals surface area contributed by atoms with E-state index in [0.29, 0.717) is 11.1 Å². The molecule has 0 saturated heterocycles. The Balaban J connectivity index is 1.92. The van der Waals surface area contributed by atoms with Crippen molar-refractivity contribution < 1.29 is 24.0 Å². The first-order valence-corrected chi connectivity index (χ1v) is 8.39. The summed E-state index contributed by atoms with van der Waals surface area (Å²) in [4.78, 5) is 48.7. The lowest BCUT2D eigenvalue weighted by Crippen LogP contribution is -2.42. The molecule has 0 spiro atoms. The second kappa shape index (κ2) is 7.47. The van der Waals surface area contributed by atoms with Crippen LogP contribution in [0.3, 0.4) is 0 Å². The highest BCUT2D eigenvalue weighted by molar-refractivity contribution is 6.10. The van der Waals surface area contributed by atoms with Gasteiger partial charge in [-0.3, -0.25) is 19.7 Å². The molecule has 0 radical (unpaired) electrons. The lowest BCUT2D eigenvalue weighted by molar-refractivity contribution is -0.384. The van der Waals surface area contributed by atoms with E-state index >= 15 is 0 Å². The number of carbonyl (C=O) groups excluding carboxylic acids is 3. The summed E-state index contributed by atoms with van der Waals surface area (Å²) in [5.74, 6) is -1.34.